The van der Waals surface area contributed by atoms with Crippen LogP contribution >= 0.6 is 15.9 Å². The minimum absolute atomic E-state index is 0.650. The molecule has 0 aliphatic rings. The van der Waals surface area contributed by atoms with Gasteiger partial charge in [0.25, 0.3) is 0 Å². The van der Waals surface area contributed by atoms with Crippen molar-refractivity contribution in [3.05, 3.63) is 22.7 Å². The van der Waals surface area contributed by atoms with E-state index in [-0.39, 0.29) is 0 Å². The van der Waals surface area contributed by atoms with Gasteiger partial charge < -0.3 is 19.5 Å². The van der Waals surface area contributed by atoms with E-state index in [2.05, 4.69) is 21.2 Å². The van der Waals surface area contributed by atoms with Crippen LogP contribution < -0.4 is 10.1 Å². The minimum atomic E-state index is 0.650. The summed E-state index contributed by atoms with van der Waals surface area (Å²) < 4.78 is 16.5. The zero-order chi connectivity index (χ0) is 13.2. The molecule has 1 aromatic rings. The summed E-state index contributed by atoms with van der Waals surface area (Å²) >= 11 is 3.42. The zero-order valence-corrected chi connectivity index (χ0v) is 12.5. The van der Waals surface area contributed by atoms with E-state index in [4.69, 9.17) is 14.2 Å². The summed E-state index contributed by atoms with van der Waals surface area (Å²) in [6.07, 6.45) is 0.960. The van der Waals surface area contributed by atoms with Gasteiger partial charge in [-0.2, -0.15) is 0 Å². The molecule has 0 aliphatic heterocycles. The van der Waals surface area contributed by atoms with Crippen molar-refractivity contribution < 1.29 is 14.2 Å². The van der Waals surface area contributed by atoms with E-state index in [0.29, 0.717) is 13.2 Å². The van der Waals surface area contributed by atoms with E-state index in [1.807, 2.05) is 18.2 Å². The molecule has 4 nitrogen and oxygen atoms in total. The highest BCUT2D eigenvalue weighted by Crippen LogP contribution is 2.27. The molecule has 1 rings (SSSR count). The van der Waals surface area contributed by atoms with Gasteiger partial charge in [-0.3, -0.25) is 0 Å². The Labute approximate surface area is 117 Å². The molecule has 0 bridgehead atoms. The Bertz CT molecular complexity index is 347. The molecule has 0 heterocycles. The maximum absolute atomic E-state index is 5.38. The van der Waals surface area contributed by atoms with Crippen LogP contribution in [0, 0.1) is 0 Å². The molecule has 0 unspecified atom stereocenters. The topological polar surface area (TPSA) is 39.7 Å². The first-order valence-corrected chi connectivity index (χ1v) is 6.71. The largest absolute Gasteiger partial charge is 0.495 e. The van der Waals surface area contributed by atoms with Gasteiger partial charge in [-0.05, 0) is 34.5 Å². The van der Waals surface area contributed by atoms with E-state index in [1.54, 1.807) is 14.2 Å². The first-order chi connectivity index (χ1) is 8.77. The second-order valence-corrected chi connectivity index (χ2v) is 4.59. The number of hydrogen-bond acceptors (Lipinski definition) is 4. The molecular weight excluding hydrogens is 298 g/mol. The van der Waals surface area contributed by atoms with Crippen LogP contribution in [0.2, 0.25) is 0 Å². The molecule has 0 fully saturated rings. The molecule has 0 saturated carbocycles. The van der Waals surface area contributed by atoms with Crippen molar-refractivity contribution in [2.24, 2.45) is 0 Å². The zero-order valence-electron chi connectivity index (χ0n) is 10.9. The van der Waals surface area contributed by atoms with Gasteiger partial charge >= 0.3 is 0 Å². The Morgan fingerprint density at radius 2 is 2.00 bits per heavy atom. The molecule has 0 spiro atoms. The smallest absolute Gasteiger partial charge is 0.135 e. The quantitative estimate of drug-likeness (QED) is 0.711. The molecule has 0 radical (unpaired) electrons. The first-order valence-electron chi connectivity index (χ1n) is 5.92. The van der Waals surface area contributed by atoms with Crippen LogP contribution in [0.3, 0.4) is 0 Å². The van der Waals surface area contributed by atoms with Crippen LogP contribution in [0.1, 0.15) is 6.42 Å². The highest BCUT2D eigenvalue weighted by Gasteiger charge is 2.00. The normalized spacial score (nSPS) is 10.4. The highest BCUT2D eigenvalue weighted by atomic mass is 79.9. The van der Waals surface area contributed by atoms with E-state index < -0.39 is 0 Å². The average molecular weight is 318 g/mol. The minimum Gasteiger partial charge on any atom is -0.495 e. The fraction of sp³-hybridized carbons (Fsp3) is 0.538. The number of methoxy groups -OCH3 is 2. The van der Waals surface area contributed by atoms with E-state index in [9.17, 15) is 0 Å². The van der Waals surface area contributed by atoms with E-state index in [0.717, 1.165) is 35.5 Å². The second kappa shape index (κ2) is 9.19. The summed E-state index contributed by atoms with van der Waals surface area (Å²) in [5.41, 5.74) is 1.05. The van der Waals surface area contributed by atoms with Crippen molar-refractivity contribution in [3.63, 3.8) is 0 Å². The maximum atomic E-state index is 5.38. The standard InChI is InChI=1S/C13H20BrNO3/c1-16-8-9-18-7-3-6-15-11-4-5-12(14)13(10-11)17-2/h4-5,10,15H,3,6-9H2,1-2H3. The lowest BCUT2D eigenvalue weighted by molar-refractivity contribution is 0.0705. The predicted molar refractivity (Wildman–Crippen MR) is 76.5 cm³/mol. The maximum Gasteiger partial charge on any atom is 0.135 e. The number of ether oxygens (including phenoxy) is 3. The van der Waals surface area contributed by atoms with Crippen LogP contribution in [0.15, 0.2) is 22.7 Å². The third-order valence-corrected chi connectivity index (χ3v) is 3.03. The van der Waals surface area contributed by atoms with Crippen molar-refractivity contribution in [2.75, 3.05) is 45.9 Å². The molecule has 102 valence electrons. The molecule has 1 N–H and O–H groups in total. The molecule has 0 amide bonds. The number of nitrogens with one attached hydrogen (secondary N) is 1. The molecular formula is C13H20BrNO3. The van der Waals surface area contributed by atoms with Crippen LogP contribution in [0.25, 0.3) is 0 Å². The fourth-order valence-electron chi connectivity index (χ4n) is 1.42. The van der Waals surface area contributed by atoms with Crippen molar-refractivity contribution >= 4 is 21.6 Å². The van der Waals surface area contributed by atoms with E-state index in [1.165, 1.54) is 0 Å². The Morgan fingerprint density at radius 3 is 2.72 bits per heavy atom. The summed E-state index contributed by atoms with van der Waals surface area (Å²) in [4.78, 5) is 0. The van der Waals surface area contributed by atoms with Gasteiger partial charge in [-0.1, -0.05) is 0 Å². The molecule has 0 aliphatic carbocycles. The number of hydrogen-bond donors (Lipinski definition) is 1. The Balaban J connectivity index is 2.19. The number of benzene rings is 1. The number of anilines is 1. The van der Waals surface area contributed by atoms with Gasteiger partial charge in [0.05, 0.1) is 24.8 Å². The van der Waals surface area contributed by atoms with Crippen LogP contribution in [-0.4, -0.2) is 40.6 Å². The van der Waals surface area contributed by atoms with Gasteiger partial charge in [0.1, 0.15) is 5.75 Å². The molecule has 18 heavy (non-hydrogen) atoms. The fourth-order valence-corrected chi connectivity index (χ4v) is 1.83. The van der Waals surface area contributed by atoms with Crippen molar-refractivity contribution in [3.8, 4) is 5.75 Å². The molecule has 1 aromatic carbocycles. The number of halogens is 1. The van der Waals surface area contributed by atoms with Crippen molar-refractivity contribution in [1.29, 1.82) is 0 Å². The average Bonchev–Trinajstić information content (AvgIpc) is 2.39. The summed E-state index contributed by atoms with van der Waals surface area (Å²) in [6.45, 7) is 2.92. The number of rotatable bonds is 9. The van der Waals surface area contributed by atoms with E-state index >= 15 is 0 Å². The predicted octanol–water partition coefficient (Wildman–Crippen LogP) is 2.92. The summed E-state index contributed by atoms with van der Waals surface area (Å²) in [6, 6.07) is 5.95. The second-order valence-electron chi connectivity index (χ2n) is 3.73. The summed E-state index contributed by atoms with van der Waals surface area (Å²) in [5.74, 6) is 0.830. The Kier molecular flexibility index (Phi) is 7.80. The van der Waals surface area contributed by atoms with Gasteiger partial charge in [-0.15, -0.1) is 0 Å². The van der Waals surface area contributed by atoms with Gasteiger partial charge in [-0.25, -0.2) is 0 Å². The lowest BCUT2D eigenvalue weighted by Crippen LogP contribution is -2.08. The monoisotopic (exact) mass is 317 g/mol. The summed E-state index contributed by atoms with van der Waals surface area (Å²) in [7, 11) is 3.33. The Morgan fingerprint density at radius 1 is 1.17 bits per heavy atom. The molecule has 5 heteroatoms. The van der Waals surface area contributed by atoms with Crippen molar-refractivity contribution in [1.82, 2.24) is 0 Å². The van der Waals surface area contributed by atoms with Gasteiger partial charge in [0, 0.05) is 32.0 Å². The molecule has 0 aromatic heterocycles. The van der Waals surface area contributed by atoms with Crippen LogP contribution in [0.5, 0.6) is 5.75 Å². The van der Waals surface area contributed by atoms with Crippen molar-refractivity contribution in [2.45, 2.75) is 6.42 Å². The molecule has 0 saturated heterocycles. The third-order valence-electron chi connectivity index (χ3n) is 2.38. The van der Waals surface area contributed by atoms with Gasteiger partial charge in [0.2, 0.25) is 0 Å². The van der Waals surface area contributed by atoms with Gasteiger partial charge in [0.15, 0.2) is 0 Å². The van der Waals surface area contributed by atoms with Crippen LogP contribution in [-0.2, 0) is 9.47 Å². The van der Waals surface area contributed by atoms with Crippen LogP contribution in [0.4, 0.5) is 5.69 Å². The first kappa shape index (κ1) is 15.3. The SMILES string of the molecule is COCCOCCCNc1ccc(Br)c(OC)c1. The summed E-state index contributed by atoms with van der Waals surface area (Å²) in [5, 5.41) is 3.33. The lowest BCUT2D eigenvalue weighted by atomic mass is 10.3. The lowest BCUT2D eigenvalue weighted by Gasteiger charge is -2.09. The molecule has 0 atom stereocenters. The Hall–Kier alpha value is -0.780. The highest BCUT2D eigenvalue weighted by molar-refractivity contribution is 9.10. The third kappa shape index (κ3) is 5.71.